The van der Waals surface area contributed by atoms with Crippen LogP contribution in [-0.4, -0.2) is 72.6 Å². The number of aromatic nitrogens is 4. The van der Waals surface area contributed by atoms with Crippen molar-refractivity contribution in [3.05, 3.63) is 66.1 Å². The zero-order valence-electron chi connectivity index (χ0n) is 35.3. The van der Waals surface area contributed by atoms with E-state index in [1.165, 1.54) is 0 Å². The van der Waals surface area contributed by atoms with Crippen LogP contribution in [0.1, 0.15) is 92.6 Å². The van der Waals surface area contributed by atoms with E-state index in [1.54, 1.807) is 7.11 Å². The maximum Gasteiger partial charge on any atom is 0.192 e. The largest absolute Gasteiger partial charge is 0.598 e. The molecule has 0 bridgehead atoms. The number of pyridine rings is 2. The maximum atomic E-state index is 13.4. The third kappa shape index (κ3) is 11.2. The Bertz CT molecular complexity index is 1830. The zero-order valence-corrected chi connectivity index (χ0v) is 38.1. The lowest BCUT2D eigenvalue weighted by molar-refractivity contribution is 0.147. The van der Waals surface area contributed by atoms with Gasteiger partial charge >= 0.3 is 0 Å². The fourth-order valence-corrected chi connectivity index (χ4v) is 8.01. The van der Waals surface area contributed by atoms with Crippen molar-refractivity contribution < 1.29 is 22.9 Å². The van der Waals surface area contributed by atoms with Gasteiger partial charge in [-0.2, -0.15) is 5.10 Å². The molecule has 4 aromatic rings. The van der Waals surface area contributed by atoms with E-state index in [0.29, 0.717) is 38.0 Å². The summed E-state index contributed by atoms with van der Waals surface area (Å²) in [5.41, 5.74) is 4.16. The quantitative estimate of drug-likeness (QED) is 0.0634. The van der Waals surface area contributed by atoms with E-state index >= 15 is 0 Å². The lowest BCUT2D eigenvalue weighted by atomic mass is 10.0. The molecule has 0 amide bonds. The highest BCUT2D eigenvalue weighted by molar-refractivity contribution is 7.90. The van der Waals surface area contributed by atoms with E-state index < -0.39 is 32.7 Å². The van der Waals surface area contributed by atoms with Crippen molar-refractivity contribution in [1.29, 1.82) is 0 Å². The molecule has 0 radical (unpaired) electrons. The molecule has 3 aromatic heterocycles. The molecular weight excluding hydrogens is 731 g/mol. The van der Waals surface area contributed by atoms with Crippen molar-refractivity contribution in [2.75, 3.05) is 26.9 Å². The van der Waals surface area contributed by atoms with E-state index in [-0.39, 0.29) is 16.1 Å². The van der Waals surface area contributed by atoms with Crippen molar-refractivity contribution in [3.63, 3.8) is 0 Å². The molecule has 0 spiro atoms. The van der Waals surface area contributed by atoms with Crippen molar-refractivity contribution >= 4 is 38.9 Å². The van der Waals surface area contributed by atoms with E-state index in [9.17, 15) is 4.55 Å². The number of rotatable bonds is 17. The van der Waals surface area contributed by atoms with Gasteiger partial charge in [-0.15, -0.1) is 4.72 Å². The van der Waals surface area contributed by atoms with Gasteiger partial charge in [-0.3, -0.25) is 4.98 Å². The highest BCUT2D eigenvalue weighted by atomic mass is 32.2. The molecule has 54 heavy (non-hydrogen) atoms. The van der Waals surface area contributed by atoms with Gasteiger partial charge in [0.2, 0.25) is 0 Å². The Kier molecular flexibility index (Phi) is 14.4. The molecular formula is C41H65N5O5SSi2. The molecule has 2 atom stereocenters. The second-order valence-corrected chi connectivity index (χ2v) is 29.7. The molecule has 1 aromatic carbocycles. The first-order valence-corrected chi connectivity index (χ1v) is 26.0. The van der Waals surface area contributed by atoms with Gasteiger partial charge in [0.1, 0.15) is 17.1 Å². The minimum atomic E-state index is -1.96. The highest BCUT2D eigenvalue weighted by Gasteiger charge is 2.38. The second-order valence-electron chi connectivity index (χ2n) is 18.1. The number of hydrogen-bond donors (Lipinski definition) is 1. The van der Waals surface area contributed by atoms with Gasteiger partial charge in [-0.25, -0.2) is 9.67 Å². The Balaban J connectivity index is 1.71. The van der Waals surface area contributed by atoms with Gasteiger partial charge < -0.3 is 22.9 Å². The van der Waals surface area contributed by atoms with Gasteiger partial charge in [-0.1, -0.05) is 53.7 Å². The van der Waals surface area contributed by atoms with Crippen LogP contribution in [0.2, 0.25) is 36.3 Å². The summed E-state index contributed by atoms with van der Waals surface area (Å²) in [6, 6.07) is 15.8. The van der Waals surface area contributed by atoms with Crippen LogP contribution in [-0.2, 0) is 31.6 Å². The van der Waals surface area contributed by atoms with Crippen molar-refractivity contribution in [3.8, 4) is 22.8 Å². The number of nitrogens with zero attached hydrogens (tertiary/aromatic N) is 4. The van der Waals surface area contributed by atoms with E-state index in [2.05, 4.69) is 78.5 Å². The lowest BCUT2D eigenvalue weighted by Gasteiger charge is -2.36. The Morgan fingerprint density at radius 1 is 0.833 bits per heavy atom. The Morgan fingerprint density at radius 3 is 2.15 bits per heavy atom. The summed E-state index contributed by atoms with van der Waals surface area (Å²) in [5.74, 6) is 1.37. The zero-order chi connectivity index (χ0) is 40.1. The van der Waals surface area contributed by atoms with Crippen LogP contribution in [0.4, 0.5) is 0 Å². The van der Waals surface area contributed by atoms with Crippen molar-refractivity contribution in [2.24, 2.45) is 0 Å². The minimum absolute atomic E-state index is 0.0998. The third-order valence-electron chi connectivity index (χ3n) is 10.7. The van der Waals surface area contributed by atoms with Crippen LogP contribution >= 0.6 is 0 Å². The van der Waals surface area contributed by atoms with Gasteiger partial charge in [0.25, 0.3) is 0 Å². The number of hydrogen-bond acceptors (Lipinski definition) is 9. The van der Waals surface area contributed by atoms with Crippen LogP contribution in [0.15, 0.2) is 54.7 Å². The van der Waals surface area contributed by atoms with E-state index in [0.717, 1.165) is 46.4 Å². The smallest absolute Gasteiger partial charge is 0.192 e. The summed E-state index contributed by atoms with van der Waals surface area (Å²) in [6.45, 7) is 30.4. The SMILES string of the molecule is COCCOc1cc(-c2cccc([C@H](CCCO[Si](C)(C)C(C)(C)C)N[S@+]([O-])C(C)(C)C)n2)cc2c1cnn2-c1cccc(CO[Si](C)(C)C(C)(C)C)n1. The molecule has 0 fully saturated rings. The molecule has 3 heterocycles. The van der Waals surface area contributed by atoms with E-state index in [4.69, 9.17) is 33.4 Å². The van der Waals surface area contributed by atoms with Gasteiger partial charge in [0.15, 0.2) is 22.5 Å². The lowest BCUT2D eigenvalue weighted by Crippen LogP contribution is -2.42. The van der Waals surface area contributed by atoms with Crippen LogP contribution in [0.5, 0.6) is 5.75 Å². The van der Waals surface area contributed by atoms with E-state index in [1.807, 2.05) is 74.1 Å². The molecule has 0 saturated heterocycles. The first-order chi connectivity index (χ1) is 25.0. The Morgan fingerprint density at radius 2 is 1.50 bits per heavy atom. The molecule has 0 aliphatic rings. The average molecular weight is 796 g/mol. The summed E-state index contributed by atoms with van der Waals surface area (Å²) in [6.07, 6.45) is 3.36. The molecule has 0 saturated carbocycles. The molecule has 0 unspecified atom stereocenters. The van der Waals surface area contributed by atoms with Crippen molar-refractivity contribution in [1.82, 2.24) is 24.5 Å². The number of ether oxygens (including phenoxy) is 2. The van der Waals surface area contributed by atoms with Crippen molar-refractivity contribution in [2.45, 2.75) is 129 Å². The predicted molar refractivity (Wildman–Crippen MR) is 228 cm³/mol. The Labute approximate surface area is 329 Å². The van der Waals surface area contributed by atoms with Crippen LogP contribution < -0.4 is 9.46 Å². The molecule has 4 rings (SSSR count). The maximum absolute atomic E-state index is 13.4. The molecule has 1 N–H and O–H groups in total. The molecule has 10 nitrogen and oxygen atoms in total. The predicted octanol–water partition coefficient (Wildman–Crippen LogP) is 9.92. The molecule has 298 valence electrons. The summed E-state index contributed by atoms with van der Waals surface area (Å²) in [7, 11) is -2.19. The third-order valence-corrected chi connectivity index (χ3v) is 21.4. The standard InChI is InChI=1S/C41H65N5O5SSi2/c1-39(2,3)52(47)45-35(21-17-23-50-53(11,12)40(4,5)6)34-20-16-19-33(44-34)30-26-36-32(37(27-30)49-25-24-48-10)28-42-46(36)38-22-15-18-31(43-38)29-51-54(13,14)41(7,8)9/h15-16,18-20,22,26-28,35,45H,17,21,23-25,29H2,1-14H3/t35-,52+/m0/s1. The summed E-state index contributed by atoms with van der Waals surface area (Å²) >= 11 is -1.29. The fourth-order valence-electron chi connectivity index (χ4n) is 5.13. The second kappa shape index (κ2) is 17.7. The van der Waals surface area contributed by atoms with Crippen LogP contribution in [0.25, 0.3) is 28.0 Å². The topological polar surface area (TPSA) is 116 Å². The summed E-state index contributed by atoms with van der Waals surface area (Å²) < 4.78 is 42.9. The number of methoxy groups -OCH3 is 1. The molecule has 0 aliphatic heterocycles. The van der Waals surface area contributed by atoms with Crippen LogP contribution in [0, 0.1) is 0 Å². The first-order valence-electron chi connectivity index (χ1n) is 19.1. The molecule has 0 aliphatic carbocycles. The monoisotopic (exact) mass is 795 g/mol. The fraction of sp³-hybridized carbons (Fsp3) is 0.585. The van der Waals surface area contributed by atoms with Gasteiger partial charge in [0, 0.05) is 30.6 Å². The Hall–Kier alpha value is -2.63. The average Bonchev–Trinajstić information content (AvgIpc) is 3.52. The minimum Gasteiger partial charge on any atom is -0.598 e. The first kappa shape index (κ1) is 44.1. The number of nitrogens with one attached hydrogen (secondary N) is 1. The van der Waals surface area contributed by atoms with Gasteiger partial charge in [0.05, 0.1) is 53.4 Å². The summed E-state index contributed by atoms with van der Waals surface area (Å²) in [4.78, 5) is 10.2. The van der Waals surface area contributed by atoms with Gasteiger partial charge in [-0.05, 0) is 106 Å². The van der Waals surface area contributed by atoms with Crippen LogP contribution in [0.3, 0.4) is 0 Å². The number of benzene rings is 1. The normalized spacial score (nSPS) is 14.4. The number of fused-ring (bicyclic) bond motifs is 1. The molecule has 13 heteroatoms. The summed E-state index contributed by atoms with van der Waals surface area (Å²) in [5, 5.41) is 5.88. The highest BCUT2D eigenvalue weighted by Crippen LogP contribution is 2.38.